The minimum Gasteiger partial charge on any atom is -0.340 e. The molecule has 0 N–H and O–H groups in total. The molecule has 1 saturated heterocycles. The van der Waals surface area contributed by atoms with Gasteiger partial charge in [0, 0.05) is 50.3 Å². The van der Waals surface area contributed by atoms with Crippen molar-refractivity contribution in [3.63, 3.8) is 0 Å². The van der Waals surface area contributed by atoms with E-state index in [-0.39, 0.29) is 35.5 Å². The molecule has 156 valence electrons. The quantitative estimate of drug-likeness (QED) is 0.698. The van der Waals surface area contributed by atoms with Crippen molar-refractivity contribution in [2.24, 2.45) is 11.8 Å². The fraction of sp³-hybridized carbons (Fsp3) is 0.500. The molecule has 2 unspecified atom stereocenters. The van der Waals surface area contributed by atoms with E-state index in [1.807, 2.05) is 49.2 Å². The van der Waals surface area contributed by atoms with Crippen molar-refractivity contribution in [1.29, 1.82) is 0 Å². The summed E-state index contributed by atoms with van der Waals surface area (Å²) in [6, 6.07) is 13.0. The minimum absolute atomic E-state index is 0.0314. The summed E-state index contributed by atoms with van der Waals surface area (Å²) in [6.45, 7) is 11.2. The van der Waals surface area contributed by atoms with Crippen LogP contribution in [0.5, 0.6) is 0 Å². The van der Waals surface area contributed by atoms with Crippen LogP contribution in [-0.2, 0) is 11.3 Å². The highest BCUT2D eigenvalue weighted by atomic mass is 19.1. The molecule has 1 aliphatic heterocycles. The van der Waals surface area contributed by atoms with Crippen molar-refractivity contribution in [2.75, 3.05) is 19.6 Å². The van der Waals surface area contributed by atoms with Crippen molar-refractivity contribution < 1.29 is 9.18 Å². The van der Waals surface area contributed by atoms with E-state index in [2.05, 4.69) is 23.7 Å². The predicted molar refractivity (Wildman–Crippen MR) is 114 cm³/mol. The molecule has 3 rings (SSSR count). The lowest BCUT2D eigenvalue weighted by Crippen LogP contribution is -2.43. The summed E-state index contributed by atoms with van der Waals surface area (Å²) in [6.07, 6.45) is 1.81. The summed E-state index contributed by atoms with van der Waals surface area (Å²) in [4.78, 5) is 21.6. The minimum atomic E-state index is -0.205. The Morgan fingerprint density at radius 3 is 2.59 bits per heavy atom. The second kappa shape index (κ2) is 9.49. The summed E-state index contributed by atoms with van der Waals surface area (Å²) < 4.78 is 13.9. The summed E-state index contributed by atoms with van der Waals surface area (Å²) in [5.74, 6) is 0.391. The number of nitrogens with zero attached hydrogens (tertiary/aromatic N) is 3. The molecule has 4 nitrogen and oxygen atoms in total. The number of hydrogen-bond donors (Lipinski definition) is 0. The van der Waals surface area contributed by atoms with Gasteiger partial charge in [-0.05, 0) is 49.6 Å². The lowest BCUT2D eigenvalue weighted by molar-refractivity contribution is -0.136. The zero-order chi connectivity index (χ0) is 21.0. The van der Waals surface area contributed by atoms with Crippen LogP contribution in [0.2, 0.25) is 0 Å². The first kappa shape index (κ1) is 21.4. The van der Waals surface area contributed by atoms with Gasteiger partial charge in [0.05, 0.1) is 5.69 Å². The van der Waals surface area contributed by atoms with E-state index in [1.54, 1.807) is 12.1 Å². The van der Waals surface area contributed by atoms with Gasteiger partial charge in [0.2, 0.25) is 5.91 Å². The number of carbonyl (C=O) groups excluding carboxylic acids is 1. The summed E-state index contributed by atoms with van der Waals surface area (Å²) in [5, 5.41) is 0. The van der Waals surface area contributed by atoms with Gasteiger partial charge in [0.15, 0.2) is 0 Å². The van der Waals surface area contributed by atoms with Crippen LogP contribution in [0.1, 0.15) is 44.9 Å². The maximum Gasteiger partial charge on any atom is 0.225 e. The second-order valence-corrected chi connectivity index (χ2v) is 8.68. The molecule has 1 fully saturated rings. The Hall–Kier alpha value is -2.27. The number of likely N-dealkylation sites (tertiary alicyclic amines) is 1. The Morgan fingerprint density at radius 1 is 1.17 bits per heavy atom. The molecule has 2 heterocycles. The summed E-state index contributed by atoms with van der Waals surface area (Å²) in [5.41, 5.74) is 2.05. The molecule has 29 heavy (non-hydrogen) atoms. The third-order valence-corrected chi connectivity index (χ3v) is 5.74. The highest BCUT2D eigenvalue weighted by Crippen LogP contribution is 2.35. The van der Waals surface area contributed by atoms with Crippen LogP contribution < -0.4 is 0 Å². The SMILES string of the molecule is CC(C)C(=O)N(CC1CN(Cc2ccccn2)CC1c1cccc(F)c1)C(C)C. The number of rotatable bonds is 7. The average Bonchev–Trinajstić information content (AvgIpc) is 3.08. The maximum atomic E-state index is 13.9. The molecule has 1 aliphatic rings. The van der Waals surface area contributed by atoms with Crippen molar-refractivity contribution >= 4 is 5.91 Å². The van der Waals surface area contributed by atoms with Gasteiger partial charge in [-0.2, -0.15) is 0 Å². The Bertz CT molecular complexity index is 809. The van der Waals surface area contributed by atoms with Gasteiger partial charge in [-0.3, -0.25) is 14.7 Å². The fourth-order valence-corrected chi connectivity index (χ4v) is 4.25. The van der Waals surface area contributed by atoms with Gasteiger partial charge in [-0.15, -0.1) is 0 Å². The van der Waals surface area contributed by atoms with Gasteiger partial charge in [-0.25, -0.2) is 4.39 Å². The van der Waals surface area contributed by atoms with Crippen LogP contribution in [-0.4, -0.2) is 46.4 Å². The molecule has 2 atom stereocenters. The fourth-order valence-electron chi connectivity index (χ4n) is 4.25. The van der Waals surface area contributed by atoms with E-state index in [0.717, 1.165) is 30.9 Å². The van der Waals surface area contributed by atoms with Crippen molar-refractivity contribution in [2.45, 2.75) is 46.2 Å². The summed E-state index contributed by atoms with van der Waals surface area (Å²) in [7, 11) is 0. The van der Waals surface area contributed by atoms with Crippen LogP contribution >= 0.6 is 0 Å². The maximum absolute atomic E-state index is 13.9. The first-order chi connectivity index (χ1) is 13.8. The number of aromatic nitrogens is 1. The first-order valence-electron chi connectivity index (χ1n) is 10.5. The molecule has 2 aromatic rings. The number of hydrogen-bond acceptors (Lipinski definition) is 3. The molecule has 0 aliphatic carbocycles. The monoisotopic (exact) mass is 397 g/mol. The standard InChI is InChI=1S/C24H32FN3O/c1-17(2)24(29)28(18(3)4)14-20-13-27(15-22-10-5-6-11-26-22)16-23(20)19-8-7-9-21(25)12-19/h5-12,17-18,20,23H,13-16H2,1-4H3. The van der Waals surface area contributed by atoms with Gasteiger partial charge in [0.1, 0.15) is 5.82 Å². The Kier molecular flexibility index (Phi) is 7.01. The van der Waals surface area contributed by atoms with E-state index >= 15 is 0 Å². The molecule has 0 radical (unpaired) electrons. The smallest absolute Gasteiger partial charge is 0.225 e. The first-order valence-corrected chi connectivity index (χ1v) is 10.5. The van der Waals surface area contributed by atoms with Crippen LogP contribution in [0.3, 0.4) is 0 Å². The van der Waals surface area contributed by atoms with E-state index in [0.29, 0.717) is 6.54 Å². The third-order valence-electron chi connectivity index (χ3n) is 5.74. The Labute approximate surface area is 173 Å². The van der Waals surface area contributed by atoms with E-state index < -0.39 is 0 Å². The van der Waals surface area contributed by atoms with Crippen LogP contribution in [0.4, 0.5) is 4.39 Å². The van der Waals surface area contributed by atoms with Gasteiger partial charge >= 0.3 is 0 Å². The number of amides is 1. The molecule has 1 aromatic carbocycles. The molecular formula is C24H32FN3O. The molecule has 0 spiro atoms. The highest BCUT2D eigenvalue weighted by molar-refractivity contribution is 5.78. The third kappa shape index (κ3) is 5.41. The number of benzene rings is 1. The molecule has 1 aromatic heterocycles. The van der Waals surface area contributed by atoms with Crippen LogP contribution in [0.15, 0.2) is 48.7 Å². The number of carbonyl (C=O) groups is 1. The second-order valence-electron chi connectivity index (χ2n) is 8.68. The van der Waals surface area contributed by atoms with Crippen molar-refractivity contribution in [3.8, 4) is 0 Å². The number of pyridine rings is 1. The van der Waals surface area contributed by atoms with Crippen molar-refractivity contribution in [1.82, 2.24) is 14.8 Å². The van der Waals surface area contributed by atoms with Gasteiger partial charge in [0.25, 0.3) is 0 Å². The lowest BCUT2D eigenvalue weighted by atomic mass is 9.88. The predicted octanol–water partition coefficient (Wildman–Crippen LogP) is 4.33. The van der Waals surface area contributed by atoms with Crippen molar-refractivity contribution in [3.05, 3.63) is 65.7 Å². The molecule has 0 saturated carbocycles. The van der Waals surface area contributed by atoms with Crippen LogP contribution in [0.25, 0.3) is 0 Å². The number of halogens is 1. The van der Waals surface area contributed by atoms with Gasteiger partial charge in [-0.1, -0.05) is 32.0 Å². The topological polar surface area (TPSA) is 36.4 Å². The zero-order valence-electron chi connectivity index (χ0n) is 17.9. The normalized spacial score (nSPS) is 19.8. The van der Waals surface area contributed by atoms with Gasteiger partial charge < -0.3 is 4.90 Å². The highest BCUT2D eigenvalue weighted by Gasteiger charge is 2.36. The largest absolute Gasteiger partial charge is 0.340 e. The summed E-state index contributed by atoms with van der Waals surface area (Å²) >= 11 is 0. The molecule has 5 heteroatoms. The van der Waals surface area contributed by atoms with E-state index in [4.69, 9.17) is 0 Å². The lowest BCUT2D eigenvalue weighted by Gasteiger charge is -2.33. The molecule has 1 amide bonds. The van der Waals surface area contributed by atoms with Crippen LogP contribution in [0, 0.1) is 17.7 Å². The average molecular weight is 398 g/mol. The molecular weight excluding hydrogens is 365 g/mol. The molecule has 0 bridgehead atoms. The Balaban J connectivity index is 1.83. The Morgan fingerprint density at radius 2 is 1.97 bits per heavy atom. The van der Waals surface area contributed by atoms with E-state index in [9.17, 15) is 9.18 Å². The zero-order valence-corrected chi connectivity index (χ0v) is 17.9. The van der Waals surface area contributed by atoms with E-state index in [1.165, 1.54) is 6.07 Å².